The van der Waals surface area contributed by atoms with Gasteiger partial charge in [-0.2, -0.15) is 0 Å². The van der Waals surface area contributed by atoms with Gasteiger partial charge in [-0.25, -0.2) is 4.79 Å². The molecule has 3 heteroatoms. The molecule has 0 spiro atoms. The first-order chi connectivity index (χ1) is 18.1. The highest BCUT2D eigenvalue weighted by Crippen LogP contribution is 2.26. The van der Waals surface area contributed by atoms with Crippen molar-refractivity contribution in [2.75, 3.05) is 6.61 Å². The van der Waals surface area contributed by atoms with E-state index in [1.165, 1.54) is 50.5 Å². The van der Waals surface area contributed by atoms with Gasteiger partial charge in [-0.1, -0.05) is 113 Å². The summed E-state index contributed by atoms with van der Waals surface area (Å²) in [4.78, 5) is 12.8. The summed E-state index contributed by atoms with van der Waals surface area (Å²) in [5.74, 6) is 0.351. The van der Waals surface area contributed by atoms with E-state index in [9.17, 15) is 4.79 Å². The van der Waals surface area contributed by atoms with Gasteiger partial charge in [0.1, 0.15) is 5.75 Å². The molecule has 1 atom stereocenters. The van der Waals surface area contributed by atoms with Crippen LogP contribution in [0.2, 0.25) is 0 Å². The van der Waals surface area contributed by atoms with Crippen LogP contribution in [0.15, 0.2) is 72.8 Å². The van der Waals surface area contributed by atoms with Crippen LogP contribution in [0.3, 0.4) is 0 Å². The fourth-order valence-corrected chi connectivity index (χ4v) is 4.52. The molecule has 0 aromatic heterocycles. The highest BCUT2D eigenvalue weighted by atomic mass is 16.5. The van der Waals surface area contributed by atoms with E-state index in [2.05, 4.69) is 51.1 Å². The van der Waals surface area contributed by atoms with Crippen molar-refractivity contribution < 1.29 is 14.3 Å². The lowest BCUT2D eigenvalue weighted by Gasteiger charge is -2.14. The number of ether oxygens (including phenoxy) is 2. The predicted octanol–water partition coefficient (Wildman–Crippen LogP) is 9.74. The minimum Gasteiger partial charge on any atom is -0.423 e. The molecule has 0 N–H and O–H groups in total. The summed E-state index contributed by atoms with van der Waals surface area (Å²) in [6.07, 6.45) is 12.0. The average Bonchev–Trinajstić information content (AvgIpc) is 2.94. The molecule has 0 aliphatic rings. The van der Waals surface area contributed by atoms with Gasteiger partial charge in [-0.05, 0) is 66.6 Å². The number of benzene rings is 3. The van der Waals surface area contributed by atoms with Crippen LogP contribution in [0.25, 0.3) is 11.1 Å². The van der Waals surface area contributed by atoms with Gasteiger partial charge in [-0.3, -0.25) is 0 Å². The van der Waals surface area contributed by atoms with Crippen LogP contribution >= 0.6 is 0 Å². The zero-order valence-corrected chi connectivity index (χ0v) is 23.0. The molecule has 3 nitrogen and oxygen atoms in total. The number of carbonyl (C=O) groups is 1. The Bertz CT molecular complexity index is 1050. The maximum absolute atomic E-state index is 12.8. The molecule has 0 saturated carbocycles. The van der Waals surface area contributed by atoms with Gasteiger partial charge in [-0.15, -0.1) is 0 Å². The first kappa shape index (κ1) is 28.7. The lowest BCUT2D eigenvalue weighted by Crippen LogP contribution is -2.09. The van der Waals surface area contributed by atoms with Crippen LogP contribution in [0.4, 0.5) is 0 Å². The zero-order valence-electron chi connectivity index (χ0n) is 23.0. The molecule has 0 saturated heterocycles. The van der Waals surface area contributed by atoms with Crippen molar-refractivity contribution in [1.29, 1.82) is 0 Å². The fourth-order valence-electron chi connectivity index (χ4n) is 4.52. The molecule has 3 aromatic rings. The molecule has 0 heterocycles. The molecule has 0 fully saturated rings. The van der Waals surface area contributed by atoms with Crippen molar-refractivity contribution in [3.05, 3.63) is 89.5 Å². The van der Waals surface area contributed by atoms with Crippen LogP contribution in [0.1, 0.15) is 106 Å². The second-order valence-corrected chi connectivity index (χ2v) is 9.93. The van der Waals surface area contributed by atoms with Crippen LogP contribution in [0.5, 0.6) is 5.75 Å². The predicted molar refractivity (Wildman–Crippen MR) is 154 cm³/mol. The van der Waals surface area contributed by atoms with Crippen molar-refractivity contribution >= 4 is 5.97 Å². The number of rotatable bonds is 16. The Kier molecular flexibility index (Phi) is 12.4. The Balaban J connectivity index is 1.53. The molecular weight excluding hydrogens is 456 g/mol. The van der Waals surface area contributed by atoms with Crippen molar-refractivity contribution in [2.24, 2.45) is 0 Å². The van der Waals surface area contributed by atoms with Crippen molar-refractivity contribution in [1.82, 2.24) is 0 Å². The van der Waals surface area contributed by atoms with E-state index in [0.29, 0.717) is 11.3 Å². The molecule has 0 aliphatic carbocycles. The maximum Gasteiger partial charge on any atom is 0.343 e. The number of aryl methyl sites for hydroxylation is 1. The second kappa shape index (κ2) is 16.0. The molecule has 3 aromatic carbocycles. The van der Waals surface area contributed by atoms with Gasteiger partial charge >= 0.3 is 5.97 Å². The van der Waals surface area contributed by atoms with Crippen LogP contribution in [0, 0.1) is 0 Å². The SMILES string of the molecule is CCCCCCCOC(C)c1ccc(-c2ccc(C(=O)Oc3ccccc3CCCCCC)cc2)cc1. The van der Waals surface area contributed by atoms with E-state index in [1.54, 1.807) is 0 Å². The van der Waals surface area contributed by atoms with E-state index in [1.807, 2.05) is 42.5 Å². The van der Waals surface area contributed by atoms with Gasteiger partial charge in [0, 0.05) is 6.61 Å². The van der Waals surface area contributed by atoms with E-state index >= 15 is 0 Å². The van der Waals surface area contributed by atoms with Gasteiger partial charge in [0.2, 0.25) is 0 Å². The van der Waals surface area contributed by atoms with E-state index in [0.717, 1.165) is 42.6 Å². The van der Waals surface area contributed by atoms with Crippen molar-refractivity contribution in [2.45, 2.75) is 91.1 Å². The molecular formula is C34H44O3. The number of esters is 1. The third-order valence-corrected chi connectivity index (χ3v) is 6.92. The fraction of sp³-hybridized carbons (Fsp3) is 0.441. The topological polar surface area (TPSA) is 35.5 Å². The number of hydrogen-bond donors (Lipinski definition) is 0. The molecule has 0 aliphatic heterocycles. The maximum atomic E-state index is 12.8. The first-order valence-electron chi connectivity index (χ1n) is 14.2. The van der Waals surface area contributed by atoms with Gasteiger partial charge in [0.15, 0.2) is 0 Å². The molecule has 0 amide bonds. The molecule has 1 unspecified atom stereocenters. The number of unbranched alkanes of at least 4 members (excludes halogenated alkanes) is 7. The van der Waals surface area contributed by atoms with Crippen LogP contribution < -0.4 is 4.74 Å². The summed E-state index contributed by atoms with van der Waals surface area (Å²) in [6.45, 7) is 7.38. The Morgan fingerprint density at radius 1 is 0.703 bits per heavy atom. The third kappa shape index (κ3) is 9.48. The summed E-state index contributed by atoms with van der Waals surface area (Å²) in [5, 5.41) is 0. The summed E-state index contributed by atoms with van der Waals surface area (Å²) >= 11 is 0. The highest BCUT2D eigenvalue weighted by Gasteiger charge is 2.12. The summed E-state index contributed by atoms with van der Waals surface area (Å²) in [7, 11) is 0. The molecule has 198 valence electrons. The average molecular weight is 501 g/mol. The summed E-state index contributed by atoms with van der Waals surface area (Å²) in [5.41, 5.74) is 5.03. The Hall–Kier alpha value is -2.91. The molecule has 0 radical (unpaired) electrons. The quantitative estimate of drug-likeness (QED) is 0.111. The van der Waals surface area contributed by atoms with Crippen molar-refractivity contribution in [3.63, 3.8) is 0 Å². The standard InChI is InChI=1S/C34H44O3/c1-4-6-8-10-14-26-36-27(3)28-18-20-29(21-19-28)30-22-24-32(25-23-30)34(35)37-33-17-13-12-16-31(33)15-11-9-7-5-2/h12-13,16-25,27H,4-11,14-15,26H2,1-3H3. The van der Waals surface area contributed by atoms with E-state index < -0.39 is 0 Å². The minimum absolute atomic E-state index is 0.0897. The minimum atomic E-state index is -0.316. The lowest BCUT2D eigenvalue weighted by molar-refractivity contribution is 0.0627. The molecule has 0 bridgehead atoms. The molecule has 37 heavy (non-hydrogen) atoms. The normalized spacial score (nSPS) is 11.9. The third-order valence-electron chi connectivity index (χ3n) is 6.92. The number of carbonyl (C=O) groups excluding carboxylic acids is 1. The summed E-state index contributed by atoms with van der Waals surface area (Å²) in [6, 6.07) is 24.1. The monoisotopic (exact) mass is 500 g/mol. The van der Waals surface area contributed by atoms with Gasteiger partial charge in [0.05, 0.1) is 11.7 Å². The number of para-hydroxylation sites is 1. The first-order valence-corrected chi connectivity index (χ1v) is 14.2. The number of hydrogen-bond acceptors (Lipinski definition) is 3. The zero-order chi connectivity index (χ0) is 26.3. The highest BCUT2D eigenvalue weighted by molar-refractivity contribution is 5.91. The van der Waals surface area contributed by atoms with Gasteiger partial charge in [0.25, 0.3) is 0 Å². The molecule has 3 rings (SSSR count). The van der Waals surface area contributed by atoms with Gasteiger partial charge < -0.3 is 9.47 Å². The Morgan fingerprint density at radius 2 is 1.30 bits per heavy atom. The second-order valence-electron chi connectivity index (χ2n) is 9.93. The van der Waals surface area contributed by atoms with Crippen LogP contribution in [-0.2, 0) is 11.2 Å². The smallest absolute Gasteiger partial charge is 0.343 e. The summed E-state index contributed by atoms with van der Waals surface area (Å²) < 4.78 is 11.8. The Labute approximate surface area is 224 Å². The van der Waals surface area contributed by atoms with E-state index in [-0.39, 0.29) is 12.1 Å². The van der Waals surface area contributed by atoms with Crippen LogP contribution in [-0.4, -0.2) is 12.6 Å². The largest absolute Gasteiger partial charge is 0.423 e. The van der Waals surface area contributed by atoms with Crippen molar-refractivity contribution in [3.8, 4) is 16.9 Å². The lowest BCUT2D eigenvalue weighted by atomic mass is 10.0. The Morgan fingerprint density at radius 3 is 1.97 bits per heavy atom. The van der Waals surface area contributed by atoms with E-state index in [4.69, 9.17) is 9.47 Å².